The first kappa shape index (κ1) is 115. The molecular weight excluding hydrogens is 1710 g/mol. The highest BCUT2D eigenvalue weighted by Crippen LogP contribution is 2.40. The summed E-state index contributed by atoms with van der Waals surface area (Å²) in [6, 6.07) is -1.14. The summed E-state index contributed by atoms with van der Waals surface area (Å²) in [6.45, 7) is 11.7. The Morgan fingerprint density at radius 1 is 0.500 bits per heavy atom. The molecule has 0 aromatic carbocycles. The average Bonchev–Trinajstić information content (AvgIpc) is 0.929. The van der Waals surface area contributed by atoms with Gasteiger partial charge in [-0.15, -0.1) is 12.8 Å². The maximum absolute atomic E-state index is 14.5. The normalized spacial score (nSPS) is 21.0. The van der Waals surface area contributed by atoms with Crippen molar-refractivity contribution < 1.29 is 180 Å². The van der Waals surface area contributed by atoms with E-state index in [0.717, 1.165) is 18.4 Å². The van der Waals surface area contributed by atoms with Crippen LogP contribution < -0.4 is 5.64 Å². The molecule has 0 radical (unpaired) electrons. The summed E-state index contributed by atoms with van der Waals surface area (Å²) in [7, 11) is 4.67. The second kappa shape index (κ2) is 77.7. The highest BCUT2D eigenvalue weighted by atomic mass is 17.9. The Morgan fingerprint density at radius 2 is 0.896 bits per heavy atom. The number of fused-ring (bicyclic) bond motifs is 3. The van der Waals surface area contributed by atoms with E-state index in [1.807, 2.05) is 26.0 Å². The largest absolute Gasteiger partial charge is 0.456 e. The van der Waals surface area contributed by atoms with Crippen molar-refractivity contribution in [2.75, 3.05) is 27.9 Å². The van der Waals surface area contributed by atoms with Crippen molar-refractivity contribution in [3.63, 3.8) is 0 Å². The van der Waals surface area contributed by atoms with Crippen LogP contribution in [-0.2, 0) is 93.1 Å². The molecule has 0 aromatic heterocycles. The summed E-state index contributed by atoms with van der Waals surface area (Å²) in [5, 5.41) is 75.5. The van der Waals surface area contributed by atoms with E-state index in [9.17, 15) is 34.5 Å². The molecule has 1 amide bonds. The summed E-state index contributed by atoms with van der Waals surface area (Å²) < 4.78 is 30.1. The third kappa shape index (κ3) is 54.3. The van der Waals surface area contributed by atoms with Crippen LogP contribution in [0.2, 0.25) is 0 Å². The fourth-order valence-electron chi connectivity index (χ4n) is 12.7. The third-order valence-electron chi connectivity index (χ3n) is 18.7. The zero-order valence-electron chi connectivity index (χ0n) is 75.3. The lowest BCUT2D eigenvalue weighted by Gasteiger charge is -2.47. The molecule has 1 saturated carbocycles. The number of piperidine rings is 1. The van der Waals surface area contributed by atoms with Gasteiger partial charge in [0.15, 0.2) is 0 Å². The Morgan fingerprint density at radius 3 is 1.29 bits per heavy atom. The van der Waals surface area contributed by atoms with Crippen molar-refractivity contribution in [3.8, 4) is 321 Å². The maximum Gasteiger partial charge on any atom is 0.329 e. The fraction of sp³-hybridized carbons (Fsp3) is 0.407. The number of nitrogens with zero attached hydrogens (tertiary/aromatic N) is 1. The number of methoxy groups -OCH3 is 3. The molecular formula is C108H180N2O24. The zero-order valence-corrected chi connectivity index (χ0v) is 75.3. The molecule has 14 atom stereocenters. The van der Waals surface area contributed by atoms with Gasteiger partial charge in [0.05, 0.1) is 30.5 Å². The van der Waals surface area contributed by atoms with E-state index >= 15 is 0 Å². The van der Waals surface area contributed by atoms with E-state index in [4.69, 9.17) is 47.0 Å². The van der Waals surface area contributed by atoms with Gasteiger partial charge in [-0.05, 0) is 249 Å². The van der Waals surface area contributed by atoms with Gasteiger partial charge < -0.3 is 43.9 Å². The molecule has 26 nitrogen and oxygen atoms in total. The summed E-state index contributed by atoms with van der Waals surface area (Å²) in [5.74, 6) is 120. The number of ether oxygens (including phenoxy) is 5. The van der Waals surface area contributed by atoms with Crippen LogP contribution in [-0.4, -0.2) is 137 Å². The lowest BCUT2D eigenvalue weighted by atomic mass is 9.81. The highest BCUT2D eigenvalue weighted by Gasteiger charge is 2.57. The predicted molar refractivity (Wildman–Crippen MR) is 581 cm³/mol. The summed E-state index contributed by atoms with van der Waals surface area (Å²) >= 11 is 0. The third-order valence-corrected chi connectivity index (χ3v) is 18.7. The summed E-state index contributed by atoms with van der Waals surface area (Å²) in [4.78, 5) is 66.1. The molecule has 3 fully saturated rings. The molecule has 766 valence electrons. The van der Waals surface area contributed by atoms with Crippen LogP contribution >= 0.6 is 0 Å². The van der Waals surface area contributed by atoms with E-state index in [-0.39, 0.29) is 111 Å². The molecule has 134 heavy (non-hydrogen) atoms. The van der Waals surface area contributed by atoms with Gasteiger partial charge in [-0.3, -0.25) is 14.4 Å². The number of nitrogens with one attached hydrogen (secondary N) is 1. The van der Waals surface area contributed by atoms with Crippen LogP contribution in [0.15, 0.2) is 35.5 Å². The van der Waals surface area contributed by atoms with Crippen LogP contribution in [0.5, 0.6) is 0 Å². The minimum atomic E-state index is -2.51. The van der Waals surface area contributed by atoms with Crippen molar-refractivity contribution in [1.82, 2.24) is 10.5 Å². The smallest absolute Gasteiger partial charge is 0.329 e. The molecule has 3 aliphatic heterocycles. The summed E-state index contributed by atoms with van der Waals surface area (Å²) in [5.41, 5.74) is 3.04. The molecule has 0 spiro atoms. The molecule has 4 aliphatic rings. The number of carbonyl (C=O) groups is 4. The highest BCUT2D eigenvalue weighted by molar-refractivity contribution is 6.39. The minimum Gasteiger partial charge on any atom is -0.456 e. The molecule has 1 aliphatic carbocycles. The number of allylic oxidation sites excluding steroid dienone is 5. The molecule has 4 rings (SSSR count). The second-order valence-corrected chi connectivity index (χ2v) is 28.1. The quantitative estimate of drug-likeness (QED) is 0.00891. The monoisotopic (exact) mass is 1890 g/mol. The van der Waals surface area contributed by atoms with Gasteiger partial charge in [0, 0.05) is 327 Å². The SMILES string of the molecule is C#CC#CC#CC#CC#CC#CC#CC#CC#CC#CC#CC#CC#CC#CC#CC#CC#CC#CC#CC#CC#CC#CC#CC#CC#CC#CC#C.CCCCCCCCCC/C=C/C[C@@H]1/C=C(\C)C[C@H](C)C[C@H](OC)[C@H]2O[C@@](O)(C(=O)C(=O)N3CCCC[C@H]3C(=O)O[C@H](/C(C)=C/[C@@H]3CC[C@@H](O)[C@H](OC)C3)[C@H](C)[C@@H](O)CC1=O)[C@H](C)C[C@@H]2OC.OOOOOONOOOOOO.[HH].[HH].[HH].[HH].[HH].[HH].[HH].[HH].[HH].[HH].[HH].[HH].[HH].[HH].[HH].[HH].[HH].[HH].[HH].[HH].[HH].[HH].[HH].[HH].[HH].[HH].[HH].[HH].[HH].[HH].[HH].[HH].[HH].[HH].[HH].[HH].[HH].[HH].[HH].[HH].[HH].[HH].[HH]. The minimum absolute atomic E-state index is 0. The number of carbonyl (C=O) groups excluding carboxylic acids is 4. The number of ketones is 2. The number of rotatable bonds is 26. The lowest BCUT2D eigenvalue weighted by molar-refractivity contribution is -0.792. The topological polar surface area (TPSA) is 323 Å². The average molecular weight is 1890 g/mol. The van der Waals surface area contributed by atoms with E-state index < -0.39 is 83.9 Å². The van der Waals surface area contributed by atoms with E-state index in [1.54, 1.807) is 35.2 Å². The number of unbranched alkanes of at least 4 members (excludes halogenated alkanes) is 8. The first-order chi connectivity index (χ1) is 65.3. The number of aliphatic hydroxyl groups excluding tert-OH is 2. The first-order valence-corrected chi connectivity index (χ1v) is 41.4. The van der Waals surface area contributed by atoms with Crippen molar-refractivity contribution in [2.45, 2.75) is 225 Å². The number of aliphatic hydroxyl groups is 3. The van der Waals surface area contributed by atoms with Crippen molar-refractivity contribution in [3.05, 3.63) is 35.5 Å². The van der Waals surface area contributed by atoms with Gasteiger partial charge in [0.25, 0.3) is 11.7 Å². The van der Waals surface area contributed by atoms with Crippen LogP contribution in [0.3, 0.4) is 0 Å². The van der Waals surface area contributed by atoms with E-state index in [0.29, 0.717) is 56.9 Å². The maximum atomic E-state index is 14.5. The predicted octanol–water partition coefficient (Wildman–Crippen LogP) is 18.3. The lowest BCUT2D eigenvalue weighted by Crippen LogP contribution is -2.64. The second-order valence-electron chi connectivity index (χ2n) is 28.1. The van der Waals surface area contributed by atoms with Gasteiger partial charge in [-0.25, -0.2) is 15.3 Å². The number of hydrogen-bond donors (Lipinski definition) is 6. The van der Waals surface area contributed by atoms with Crippen LogP contribution in [0, 0.1) is 350 Å². The van der Waals surface area contributed by atoms with Crippen molar-refractivity contribution in [1.29, 1.82) is 0 Å². The van der Waals surface area contributed by atoms with E-state index in [1.165, 1.54) is 55.5 Å². The van der Waals surface area contributed by atoms with Gasteiger partial charge >= 0.3 is 5.97 Å². The molecule has 26 heteroatoms. The Balaban J connectivity index is -0.0000000385. The van der Waals surface area contributed by atoms with Crippen molar-refractivity contribution in [2.24, 2.45) is 29.6 Å². The van der Waals surface area contributed by atoms with Crippen molar-refractivity contribution >= 4 is 23.4 Å². The zero-order chi connectivity index (χ0) is 97.8. The Bertz CT molecular complexity index is 5850. The van der Waals surface area contributed by atoms with Crippen LogP contribution in [0.25, 0.3) is 0 Å². The number of hydrogen-bond acceptors (Lipinski definition) is 25. The molecule has 2 saturated heterocycles. The van der Waals surface area contributed by atoms with Gasteiger partial charge in [-0.1, -0.05) is 112 Å². The Kier molecular flexibility index (Phi) is 66.6. The van der Waals surface area contributed by atoms with E-state index in [2.05, 4.69) is 384 Å². The Hall–Kier alpha value is -15.2. The van der Waals surface area contributed by atoms with Gasteiger partial charge in [0.2, 0.25) is 5.79 Å². The number of cyclic esters (lactones) is 1. The molecule has 2 bridgehead atoms. The Labute approximate surface area is 850 Å². The van der Waals surface area contributed by atoms with Gasteiger partial charge in [-0.2, -0.15) is 0 Å². The number of Topliss-reactive ketones (excluding diaryl/α,β-unsaturated/α-hetero) is 2. The number of terminal acetylenes is 2. The number of amides is 1. The summed E-state index contributed by atoms with van der Waals surface area (Å²) in [6.07, 6.45) is 28.6. The molecule has 6 N–H and O–H groups in total. The van der Waals surface area contributed by atoms with Crippen LogP contribution in [0.1, 0.15) is 231 Å². The standard InChI is InChI=1S/C54H89NO12.C54H2.H3NO12.43H2/c1-10-11-12-13-14-15-16-17-18-19-20-23-41-29-35(2)28-36(3)30-47(64-8)50-48(65-9)32-38(5)54(62,67-50)51(59)52(60)55-27-22-21-24-42(55)53(61)66-49(39(6)44(57)34-45(41)58)37(4)31-40-25-26-43(56)46(33-40)63-7;1-3-5-7-9-11-13-15-17-19-21-23-25-27-29-31-33-35-37-39-41-43-45-47-49-51-53-54-52-50-48-46-44-42-40-38-36-34-32-30-28-26-24-22-20-18-16-14-12-10-8-6-4-2;2-6-10-12-8-4-1-5-9-13-11-7-3;;;;;;;;;;;;;;;;;;;;;;;;;;;;;;;;;;;;;;;;;;;/h19-20,29,31,36,38-44,46-50,56-57,62H,10-18,21-28,30,32-34H2,1-9H3;1-2H;1-3H;43*1H/b20-19+,35-29+,37-31+;;;;;;;;;;;;;;;;;;;;;;;;;;;;;;;;;;;;;;;;;;;;;/t36-,38+,39+,40-,41+,42-,43+,44-,46+,47-,48-,49+,50+,54+;;;;;;;;;;;;;;;;;;;;;;;;;;;;;;;;;;;;;;;;;;;;;/m0............................................./s1. The fourth-order valence-corrected chi connectivity index (χ4v) is 12.7. The van der Waals surface area contributed by atoms with Gasteiger partial charge in [0.1, 0.15) is 24.0 Å². The first-order valence-electron chi connectivity index (χ1n) is 41.4. The molecule has 0 unspecified atom stereocenters. The van der Waals surface area contributed by atoms with Crippen LogP contribution in [0.4, 0.5) is 0 Å². The molecule has 3 heterocycles. The molecule has 0 aromatic rings. The number of esters is 1.